The standard InChI is InChI=1S/C16H24O2/c1-16(2)7-3-4-12-11-6-5-10(17)8-13(11)15(18)9-14(12)16/h3-4,10-14,17H,5-9H2,1-2H3/t10-,11-,12+,13+,14-/m0/s1. The molecule has 0 bridgehead atoms. The minimum Gasteiger partial charge on any atom is -0.393 e. The molecule has 100 valence electrons. The van der Waals surface area contributed by atoms with Gasteiger partial charge in [0.15, 0.2) is 0 Å². The Balaban J connectivity index is 1.91. The molecule has 0 unspecified atom stereocenters. The fourth-order valence-electron chi connectivity index (χ4n) is 4.56. The topological polar surface area (TPSA) is 37.3 Å². The van der Waals surface area contributed by atoms with E-state index in [9.17, 15) is 9.90 Å². The Labute approximate surface area is 109 Å². The van der Waals surface area contributed by atoms with E-state index in [0.717, 1.165) is 25.7 Å². The molecule has 0 radical (unpaired) electrons. The number of aliphatic hydroxyl groups is 1. The van der Waals surface area contributed by atoms with Crippen molar-refractivity contribution in [1.82, 2.24) is 0 Å². The van der Waals surface area contributed by atoms with E-state index in [1.807, 2.05) is 0 Å². The van der Waals surface area contributed by atoms with Crippen LogP contribution in [0.4, 0.5) is 0 Å². The molecule has 2 fully saturated rings. The maximum atomic E-state index is 12.4. The zero-order valence-electron chi connectivity index (χ0n) is 11.4. The first-order valence-corrected chi connectivity index (χ1v) is 7.36. The number of fused-ring (bicyclic) bond motifs is 3. The summed E-state index contributed by atoms with van der Waals surface area (Å²) in [6.45, 7) is 4.61. The highest BCUT2D eigenvalue weighted by Gasteiger charge is 2.50. The van der Waals surface area contributed by atoms with Gasteiger partial charge in [-0.05, 0) is 48.9 Å². The normalized spacial score (nSPS) is 46.4. The smallest absolute Gasteiger partial charge is 0.136 e. The number of rotatable bonds is 0. The number of ketones is 1. The highest BCUT2D eigenvalue weighted by Crippen LogP contribution is 2.53. The number of aliphatic hydroxyl groups excluding tert-OH is 1. The van der Waals surface area contributed by atoms with Gasteiger partial charge in [-0.2, -0.15) is 0 Å². The Morgan fingerprint density at radius 1 is 1.33 bits per heavy atom. The first-order chi connectivity index (χ1) is 8.49. The molecule has 18 heavy (non-hydrogen) atoms. The van der Waals surface area contributed by atoms with Gasteiger partial charge in [-0.1, -0.05) is 26.0 Å². The molecule has 3 aliphatic carbocycles. The Hall–Kier alpha value is -0.630. The van der Waals surface area contributed by atoms with E-state index in [1.165, 1.54) is 0 Å². The van der Waals surface area contributed by atoms with Crippen LogP contribution in [0.5, 0.6) is 0 Å². The molecular formula is C16H24O2. The fraction of sp³-hybridized carbons (Fsp3) is 0.812. The van der Waals surface area contributed by atoms with Crippen molar-refractivity contribution in [2.45, 2.75) is 52.1 Å². The van der Waals surface area contributed by atoms with Gasteiger partial charge >= 0.3 is 0 Å². The number of carbonyl (C=O) groups excluding carboxylic acids is 1. The van der Waals surface area contributed by atoms with E-state index in [0.29, 0.717) is 30.0 Å². The van der Waals surface area contributed by atoms with E-state index in [4.69, 9.17) is 0 Å². The van der Waals surface area contributed by atoms with Crippen LogP contribution >= 0.6 is 0 Å². The third-order valence-electron chi connectivity index (χ3n) is 5.68. The summed E-state index contributed by atoms with van der Waals surface area (Å²) in [6.07, 6.45) is 8.90. The molecule has 0 aromatic carbocycles. The van der Waals surface area contributed by atoms with Crippen molar-refractivity contribution in [3.05, 3.63) is 12.2 Å². The average molecular weight is 248 g/mol. The van der Waals surface area contributed by atoms with Crippen molar-refractivity contribution in [2.75, 3.05) is 0 Å². The maximum absolute atomic E-state index is 12.4. The van der Waals surface area contributed by atoms with Gasteiger partial charge in [0.25, 0.3) is 0 Å². The lowest BCUT2D eigenvalue weighted by Crippen LogP contribution is -2.49. The summed E-state index contributed by atoms with van der Waals surface area (Å²) in [6, 6.07) is 0. The minimum atomic E-state index is -0.243. The minimum absolute atomic E-state index is 0.133. The Morgan fingerprint density at radius 2 is 2.11 bits per heavy atom. The van der Waals surface area contributed by atoms with Gasteiger partial charge in [0.05, 0.1) is 6.10 Å². The summed E-state index contributed by atoms with van der Waals surface area (Å²) in [4.78, 5) is 12.4. The van der Waals surface area contributed by atoms with Crippen LogP contribution in [-0.2, 0) is 4.79 Å². The van der Waals surface area contributed by atoms with E-state index < -0.39 is 0 Å². The summed E-state index contributed by atoms with van der Waals surface area (Å²) in [7, 11) is 0. The molecule has 0 saturated heterocycles. The predicted molar refractivity (Wildman–Crippen MR) is 71.0 cm³/mol. The molecule has 2 heteroatoms. The van der Waals surface area contributed by atoms with Crippen molar-refractivity contribution < 1.29 is 9.90 Å². The lowest BCUT2D eigenvalue weighted by molar-refractivity contribution is -0.138. The first kappa shape index (κ1) is 12.4. The van der Waals surface area contributed by atoms with E-state index >= 15 is 0 Å². The molecule has 3 rings (SSSR count). The quantitative estimate of drug-likeness (QED) is 0.669. The summed E-state index contributed by atoms with van der Waals surface area (Å²) in [5, 5.41) is 9.79. The summed E-state index contributed by atoms with van der Waals surface area (Å²) in [5.41, 5.74) is 0.260. The molecule has 5 atom stereocenters. The van der Waals surface area contributed by atoms with Crippen LogP contribution in [0.15, 0.2) is 12.2 Å². The van der Waals surface area contributed by atoms with Crippen molar-refractivity contribution in [2.24, 2.45) is 29.1 Å². The second-order valence-corrected chi connectivity index (χ2v) is 7.21. The first-order valence-electron chi connectivity index (χ1n) is 7.36. The number of hydrogen-bond donors (Lipinski definition) is 1. The third-order valence-corrected chi connectivity index (χ3v) is 5.68. The van der Waals surface area contributed by atoms with Gasteiger partial charge in [0.1, 0.15) is 5.78 Å². The summed E-state index contributed by atoms with van der Waals surface area (Å²) < 4.78 is 0. The highest BCUT2D eigenvalue weighted by molar-refractivity contribution is 5.83. The van der Waals surface area contributed by atoms with E-state index in [2.05, 4.69) is 26.0 Å². The number of carbonyl (C=O) groups is 1. The summed E-state index contributed by atoms with van der Waals surface area (Å²) in [5.74, 6) is 2.14. The molecule has 1 N–H and O–H groups in total. The summed E-state index contributed by atoms with van der Waals surface area (Å²) >= 11 is 0. The van der Waals surface area contributed by atoms with Gasteiger partial charge in [-0.15, -0.1) is 0 Å². The van der Waals surface area contributed by atoms with E-state index in [-0.39, 0.29) is 17.4 Å². The van der Waals surface area contributed by atoms with Crippen LogP contribution in [0.1, 0.15) is 46.0 Å². The van der Waals surface area contributed by atoms with Gasteiger partial charge in [0, 0.05) is 12.3 Å². The second-order valence-electron chi connectivity index (χ2n) is 7.21. The monoisotopic (exact) mass is 248 g/mol. The van der Waals surface area contributed by atoms with Gasteiger partial charge in [-0.3, -0.25) is 4.79 Å². The lowest BCUT2D eigenvalue weighted by atomic mass is 9.53. The van der Waals surface area contributed by atoms with Crippen LogP contribution in [0, 0.1) is 29.1 Å². The van der Waals surface area contributed by atoms with Crippen LogP contribution < -0.4 is 0 Å². The highest BCUT2D eigenvalue weighted by atomic mass is 16.3. The van der Waals surface area contributed by atoms with Crippen LogP contribution in [0.25, 0.3) is 0 Å². The largest absolute Gasteiger partial charge is 0.393 e. The van der Waals surface area contributed by atoms with Crippen molar-refractivity contribution in [3.63, 3.8) is 0 Å². The van der Waals surface area contributed by atoms with Crippen LogP contribution in [0.2, 0.25) is 0 Å². The van der Waals surface area contributed by atoms with E-state index in [1.54, 1.807) is 0 Å². The van der Waals surface area contributed by atoms with Gasteiger partial charge < -0.3 is 5.11 Å². The van der Waals surface area contributed by atoms with Crippen LogP contribution in [-0.4, -0.2) is 17.0 Å². The zero-order chi connectivity index (χ0) is 12.9. The fourth-order valence-corrected chi connectivity index (χ4v) is 4.56. The molecule has 0 aromatic heterocycles. The molecule has 3 aliphatic rings. The predicted octanol–water partition coefficient (Wildman–Crippen LogP) is 2.95. The molecule has 0 amide bonds. The third kappa shape index (κ3) is 1.85. The number of Topliss-reactive ketones (excluding diaryl/α,β-unsaturated/α-hetero) is 1. The average Bonchev–Trinajstić information content (AvgIpc) is 2.31. The molecule has 0 spiro atoms. The molecule has 0 heterocycles. The van der Waals surface area contributed by atoms with Crippen molar-refractivity contribution in [1.29, 1.82) is 0 Å². The maximum Gasteiger partial charge on any atom is 0.136 e. The number of allylic oxidation sites excluding steroid dienone is 2. The van der Waals surface area contributed by atoms with Crippen molar-refractivity contribution >= 4 is 5.78 Å². The molecule has 2 saturated carbocycles. The second kappa shape index (κ2) is 4.19. The molecule has 0 aromatic rings. The van der Waals surface area contributed by atoms with Crippen molar-refractivity contribution in [3.8, 4) is 0 Å². The Kier molecular flexibility index (Phi) is 2.89. The number of hydrogen-bond acceptors (Lipinski definition) is 2. The Morgan fingerprint density at radius 3 is 2.89 bits per heavy atom. The SMILES string of the molecule is CC1(C)CC=C[C@@H]2[C@@H]3CC[C@H](O)C[C@H]3C(=O)C[C@@H]21. The Bertz CT molecular complexity index is 383. The molecule has 0 aliphatic heterocycles. The molecule has 2 nitrogen and oxygen atoms in total. The lowest BCUT2D eigenvalue weighted by Gasteiger charge is -2.51. The zero-order valence-corrected chi connectivity index (χ0v) is 11.4. The van der Waals surface area contributed by atoms with Gasteiger partial charge in [-0.25, -0.2) is 0 Å². The van der Waals surface area contributed by atoms with Gasteiger partial charge in [0.2, 0.25) is 0 Å². The van der Waals surface area contributed by atoms with Crippen LogP contribution in [0.3, 0.4) is 0 Å². The molecular weight excluding hydrogens is 224 g/mol.